The van der Waals surface area contributed by atoms with Gasteiger partial charge in [-0.2, -0.15) is 5.10 Å². The molecular weight excluding hydrogens is 326 g/mol. The van der Waals surface area contributed by atoms with Crippen molar-refractivity contribution >= 4 is 29.8 Å². The lowest BCUT2D eigenvalue weighted by Crippen LogP contribution is -2.43. The summed E-state index contributed by atoms with van der Waals surface area (Å²) in [5.41, 5.74) is 0.416. The summed E-state index contributed by atoms with van der Waals surface area (Å²) in [6.45, 7) is 1.86. The van der Waals surface area contributed by atoms with E-state index in [4.69, 9.17) is 11.6 Å². The third kappa shape index (κ3) is 2.78. The molecule has 2 aromatic rings. The van der Waals surface area contributed by atoms with Crippen LogP contribution in [0.3, 0.4) is 0 Å². The monoisotopic (exact) mass is 341 g/mol. The fourth-order valence-corrected chi connectivity index (χ4v) is 2.83. The number of imide groups is 1. The van der Waals surface area contributed by atoms with Gasteiger partial charge in [-0.15, -0.1) is 5.01 Å². The number of hydrazone groups is 1. The van der Waals surface area contributed by atoms with Crippen LogP contribution in [0.5, 0.6) is 0 Å². The zero-order chi connectivity index (χ0) is 17.2. The summed E-state index contributed by atoms with van der Waals surface area (Å²) >= 11 is 5.84. The highest BCUT2D eigenvalue weighted by atomic mass is 35.5. The second-order valence-corrected chi connectivity index (χ2v) is 5.90. The molecule has 1 aliphatic rings. The van der Waals surface area contributed by atoms with E-state index in [0.717, 1.165) is 16.1 Å². The van der Waals surface area contributed by atoms with Gasteiger partial charge in [0.05, 0.1) is 6.21 Å². The molecule has 1 heterocycles. The molecule has 1 aliphatic heterocycles. The highest BCUT2D eigenvalue weighted by Gasteiger charge is 2.51. The summed E-state index contributed by atoms with van der Waals surface area (Å²) in [5, 5.41) is 8.33. The maximum absolute atomic E-state index is 12.9. The SMILES string of the molecule is CC[C@@]1(c2ccccc2)NC(=O)N(/N=C\c2ccc(Cl)cc2)C1=O. The molecule has 1 saturated heterocycles. The lowest BCUT2D eigenvalue weighted by Gasteiger charge is -2.24. The molecule has 6 heteroatoms. The molecule has 0 bridgehead atoms. The van der Waals surface area contributed by atoms with Gasteiger partial charge in [0.25, 0.3) is 5.91 Å². The van der Waals surface area contributed by atoms with Crippen LogP contribution in [0, 0.1) is 0 Å². The van der Waals surface area contributed by atoms with Crippen LogP contribution in [0.15, 0.2) is 59.7 Å². The molecule has 1 N–H and O–H groups in total. The van der Waals surface area contributed by atoms with Gasteiger partial charge >= 0.3 is 6.03 Å². The average molecular weight is 342 g/mol. The fourth-order valence-electron chi connectivity index (χ4n) is 2.70. The van der Waals surface area contributed by atoms with Crippen LogP contribution < -0.4 is 5.32 Å². The summed E-state index contributed by atoms with van der Waals surface area (Å²) in [7, 11) is 0. The maximum atomic E-state index is 12.9. The minimum atomic E-state index is -1.07. The Morgan fingerprint density at radius 1 is 1.12 bits per heavy atom. The van der Waals surface area contributed by atoms with E-state index in [-0.39, 0.29) is 5.91 Å². The molecule has 3 amide bonds. The molecule has 122 valence electrons. The van der Waals surface area contributed by atoms with Crippen molar-refractivity contribution < 1.29 is 9.59 Å². The van der Waals surface area contributed by atoms with Crippen LogP contribution in [0.1, 0.15) is 24.5 Å². The van der Waals surface area contributed by atoms with Gasteiger partial charge in [-0.05, 0) is 29.7 Å². The van der Waals surface area contributed by atoms with E-state index >= 15 is 0 Å². The number of urea groups is 1. The number of benzene rings is 2. The number of rotatable bonds is 4. The molecule has 2 aromatic carbocycles. The Morgan fingerprint density at radius 2 is 1.79 bits per heavy atom. The Morgan fingerprint density at radius 3 is 2.42 bits per heavy atom. The summed E-state index contributed by atoms with van der Waals surface area (Å²) in [6.07, 6.45) is 1.90. The maximum Gasteiger partial charge on any atom is 0.346 e. The number of carbonyl (C=O) groups excluding carboxylic acids is 2. The summed E-state index contributed by atoms with van der Waals surface area (Å²) in [6, 6.07) is 15.6. The smallest absolute Gasteiger partial charge is 0.318 e. The van der Waals surface area contributed by atoms with E-state index in [1.54, 1.807) is 24.3 Å². The largest absolute Gasteiger partial charge is 0.346 e. The quantitative estimate of drug-likeness (QED) is 0.683. The molecule has 5 nitrogen and oxygen atoms in total. The second kappa shape index (κ2) is 6.45. The number of halogens is 1. The fraction of sp³-hybridized carbons (Fsp3) is 0.167. The molecule has 1 atom stereocenters. The Bertz CT molecular complexity index is 790. The Labute approximate surface area is 144 Å². The number of carbonyl (C=O) groups is 2. The van der Waals surface area contributed by atoms with Crippen molar-refractivity contribution in [2.75, 3.05) is 0 Å². The molecule has 0 aromatic heterocycles. The van der Waals surface area contributed by atoms with Gasteiger partial charge in [0, 0.05) is 5.02 Å². The van der Waals surface area contributed by atoms with Gasteiger partial charge in [-0.25, -0.2) is 4.79 Å². The van der Waals surface area contributed by atoms with Crippen molar-refractivity contribution in [2.24, 2.45) is 5.10 Å². The van der Waals surface area contributed by atoms with Crippen LogP contribution in [-0.4, -0.2) is 23.2 Å². The number of nitrogens with zero attached hydrogens (tertiary/aromatic N) is 2. The van der Waals surface area contributed by atoms with Crippen molar-refractivity contribution in [1.82, 2.24) is 10.3 Å². The number of hydrogen-bond donors (Lipinski definition) is 1. The minimum absolute atomic E-state index is 0.383. The van der Waals surface area contributed by atoms with Crippen molar-refractivity contribution in [3.63, 3.8) is 0 Å². The molecule has 24 heavy (non-hydrogen) atoms. The molecule has 3 rings (SSSR count). The van der Waals surface area contributed by atoms with E-state index in [2.05, 4.69) is 10.4 Å². The lowest BCUT2D eigenvalue weighted by molar-refractivity contribution is -0.131. The average Bonchev–Trinajstić information content (AvgIpc) is 2.86. The second-order valence-electron chi connectivity index (χ2n) is 5.47. The van der Waals surface area contributed by atoms with Crippen LogP contribution in [-0.2, 0) is 10.3 Å². The van der Waals surface area contributed by atoms with Crippen LogP contribution in [0.4, 0.5) is 4.79 Å². The predicted molar refractivity (Wildman–Crippen MR) is 92.8 cm³/mol. The summed E-state index contributed by atoms with van der Waals surface area (Å²) in [4.78, 5) is 25.1. The topological polar surface area (TPSA) is 61.8 Å². The van der Waals surface area contributed by atoms with Crippen molar-refractivity contribution in [3.05, 3.63) is 70.7 Å². The summed E-state index contributed by atoms with van der Waals surface area (Å²) < 4.78 is 0. The van der Waals surface area contributed by atoms with Gasteiger partial charge in [0.1, 0.15) is 5.54 Å². The first kappa shape index (κ1) is 16.2. The molecule has 1 fully saturated rings. The van der Waals surface area contributed by atoms with Gasteiger partial charge in [-0.1, -0.05) is 61.0 Å². The van der Waals surface area contributed by atoms with E-state index in [1.807, 2.05) is 37.3 Å². The summed E-state index contributed by atoms with van der Waals surface area (Å²) in [5.74, 6) is -0.383. The van der Waals surface area contributed by atoms with Gasteiger partial charge in [-0.3, -0.25) is 4.79 Å². The molecule has 0 spiro atoms. The first-order valence-corrected chi connectivity index (χ1v) is 7.96. The van der Waals surface area contributed by atoms with Crippen LogP contribution in [0.25, 0.3) is 0 Å². The van der Waals surface area contributed by atoms with Crippen LogP contribution >= 0.6 is 11.6 Å². The van der Waals surface area contributed by atoms with Gasteiger partial charge in [0.2, 0.25) is 0 Å². The van der Waals surface area contributed by atoms with Crippen molar-refractivity contribution in [3.8, 4) is 0 Å². The standard InChI is InChI=1S/C18H16ClN3O2/c1-2-18(14-6-4-3-5-7-14)16(23)22(17(24)21-18)20-12-13-8-10-15(19)11-9-13/h3-12H,2H2,1H3,(H,21,24)/b20-12-/t18-/m0/s1. The molecular formula is C18H16ClN3O2. The Kier molecular flexibility index (Phi) is 4.36. The zero-order valence-electron chi connectivity index (χ0n) is 13.1. The first-order chi connectivity index (χ1) is 11.6. The normalized spacial score (nSPS) is 20.7. The highest BCUT2D eigenvalue weighted by molar-refractivity contribution is 6.30. The van der Waals surface area contributed by atoms with Crippen LogP contribution in [0.2, 0.25) is 5.02 Å². The minimum Gasteiger partial charge on any atom is -0.318 e. The van der Waals surface area contributed by atoms with Crippen molar-refractivity contribution in [2.45, 2.75) is 18.9 Å². The van der Waals surface area contributed by atoms with E-state index in [9.17, 15) is 9.59 Å². The highest BCUT2D eigenvalue weighted by Crippen LogP contribution is 2.32. The van der Waals surface area contributed by atoms with E-state index in [1.165, 1.54) is 6.21 Å². The number of amides is 3. The third-order valence-electron chi connectivity index (χ3n) is 4.06. The Hall–Kier alpha value is -2.66. The Balaban J connectivity index is 1.90. The molecule has 0 aliphatic carbocycles. The molecule has 0 radical (unpaired) electrons. The van der Waals surface area contributed by atoms with Crippen molar-refractivity contribution in [1.29, 1.82) is 0 Å². The molecule has 0 unspecified atom stereocenters. The van der Waals surface area contributed by atoms with E-state index in [0.29, 0.717) is 11.4 Å². The van der Waals surface area contributed by atoms with Gasteiger partial charge in [0.15, 0.2) is 0 Å². The lowest BCUT2D eigenvalue weighted by atomic mass is 9.87. The molecule has 0 saturated carbocycles. The number of hydrogen-bond acceptors (Lipinski definition) is 3. The van der Waals surface area contributed by atoms with Gasteiger partial charge < -0.3 is 5.32 Å². The third-order valence-corrected chi connectivity index (χ3v) is 4.31. The van der Waals surface area contributed by atoms with E-state index < -0.39 is 11.6 Å². The number of nitrogens with one attached hydrogen (secondary N) is 1. The first-order valence-electron chi connectivity index (χ1n) is 7.58. The predicted octanol–water partition coefficient (Wildman–Crippen LogP) is 3.53. The zero-order valence-corrected chi connectivity index (χ0v) is 13.8.